The molecule has 3 nitrogen and oxygen atoms in total. The van der Waals surface area contributed by atoms with Gasteiger partial charge in [0.25, 0.3) is 5.91 Å². The lowest BCUT2D eigenvalue weighted by molar-refractivity contribution is -0.134. The summed E-state index contributed by atoms with van der Waals surface area (Å²) in [5.41, 5.74) is -1.56. The Kier molecular flexibility index (Phi) is 2.16. The number of hydrogen-bond acceptors (Lipinski definition) is 2. The highest BCUT2D eigenvalue weighted by Gasteiger charge is 2.34. The molecule has 0 aromatic heterocycles. The molecule has 1 aliphatic heterocycles. The molecule has 1 amide bonds. The van der Waals surface area contributed by atoms with Crippen LogP contribution in [0.4, 0.5) is 0 Å². The van der Waals surface area contributed by atoms with Gasteiger partial charge in [0.15, 0.2) is 0 Å². The molecule has 11 heavy (non-hydrogen) atoms. The molecular weight excluding hydrogens is 142 g/mol. The largest absolute Gasteiger partial charge is 0.369 e. The first-order chi connectivity index (χ1) is 5.19. The zero-order valence-electron chi connectivity index (χ0n) is 6.26. The van der Waals surface area contributed by atoms with E-state index in [1.165, 1.54) is 0 Å². The highest BCUT2D eigenvalue weighted by Crippen LogP contribution is 2.15. The lowest BCUT2D eigenvalue weighted by Crippen LogP contribution is -2.44. The number of amides is 1. The second-order valence-electron chi connectivity index (χ2n) is 2.72. The van der Waals surface area contributed by atoms with E-state index in [9.17, 15) is 9.90 Å². The van der Waals surface area contributed by atoms with Crippen molar-refractivity contribution in [3.05, 3.63) is 0 Å². The van der Waals surface area contributed by atoms with Crippen molar-refractivity contribution in [2.45, 2.75) is 24.9 Å². The molecule has 1 atom stereocenters. The Bertz CT molecular complexity index is 207. The van der Waals surface area contributed by atoms with Gasteiger partial charge >= 0.3 is 0 Å². The standard InChI is InChI=1S/C8H11NO2/c1-2-8(11)5-3-4-6-9-7(8)10/h1,11H,3-6H2,(H,9,10). The molecule has 1 saturated heterocycles. The van der Waals surface area contributed by atoms with E-state index in [1.807, 2.05) is 0 Å². The molecule has 1 unspecified atom stereocenters. The number of terminal acetylenes is 1. The van der Waals surface area contributed by atoms with E-state index in [-0.39, 0.29) is 0 Å². The Balaban J connectivity index is 2.76. The fraction of sp³-hybridized carbons (Fsp3) is 0.625. The summed E-state index contributed by atoms with van der Waals surface area (Å²) in [7, 11) is 0. The highest BCUT2D eigenvalue weighted by atomic mass is 16.3. The van der Waals surface area contributed by atoms with Gasteiger partial charge in [-0.1, -0.05) is 5.92 Å². The molecule has 0 aliphatic carbocycles. The third-order valence-electron chi connectivity index (χ3n) is 1.87. The predicted molar refractivity (Wildman–Crippen MR) is 40.6 cm³/mol. The summed E-state index contributed by atoms with van der Waals surface area (Å²) < 4.78 is 0. The third kappa shape index (κ3) is 1.52. The first kappa shape index (κ1) is 8.09. The van der Waals surface area contributed by atoms with Crippen LogP contribution in [0.1, 0.15) is 19.3 Å². The molecule has 1 fully saturated rings. The van der Waals surface area contributed by atoms with Crippen molar-refractivity contribution in [1.82, 2.24) is 5.32 Å². The molecule has 2 N–H and O–H groups in total. The van der Waals surface area contributed by atoms with Crippen LogP contribution in [0.5, 0.6) is 0 Å². The Hall–Kier alpha value is -1.01. The van der Waals surface area contributed by atoms with E-state index in [4.69, 9.17) is 6.42 Å². The number of rotatable bonds is 0. The predicted octanol–water partition coefficient (Wildman–Crippen LogP) is -0.349. The molecule has 0 bridgehead atoms. The third-order valence-corrected chi connectivity index (χ3v) is 1.87. The van der Waals surface area contributed by atoms with E-state index >= 15 is 0 Å². The van der Waals surface area contributed by atoms with Crippen LogP contribution < -0.4 is 5.32 Å². The molecule has 3 heteroatoms. The fourth-order valence-corrected chi connectivity index (χ4v) is 1.11. The zero-order chi connectivity index (χ0) is 8.32. The van der Waals surface area contributed by atoms with Crippen molar-refractivity contribution in [2.24, 2.45) is 0 Å². The van der Waals surface area contributed by atoms with Crippen LogP contribution in [0.25, 0.3) is 0 Å². The van der Waals surface area contributed by atoms with Gasteiger partial charge in [-0.05, 0) is 19.3 Å². The lowest BCUT2D eigenvalue weighted by Gasteiger charge is -2.16. The molecule has 60 valence electrons. The summed E-state index contributed by atoms with van der Waals surface area (Å²) in [6.07, 6.45) is 7.08. The Morgan fingerprint density at radius 3 is 3.00 bits per heavy atom. The molecule has 0 radical (unpaired) electrons. The van der Waals surface area contributed by atoms with E-state index in [0.717, 1.165) is 12.8 Å². The molecule has 1 rings (SSSR count). The summed E-state index contributed by atoms with van der Waals surface area (Å²) in [6.45, 7) is 0.614. The second kappa shape index (κ2) is 2.93. The number of carbonyl (C=O) groups excluding carboxylic acids is 1. The highest BCUT2D eigenvalue weighted by molar-refractivity contribution is 5.88. The number of hydrogen-bond donors (Lipinski definition) is 2. The van der Waals surface area contributed by atoms with E-state index < -0.39 is 11.5 Å². The summed E-state index contributed by atoms with van der Waals surface area (Å²) >= 11 is 0. The van der Waals surface area contributed by atoms with Crippen LogP contribution in [0.2, 0.25) is 0 Å². The Morgan fingerprint density at radius 2 is 2.36 bits per heavy atom. The second-order valence-corrected chi connectivity index (χ2v) is 2.72. The molecule has 1 heterocycles. The van der Waals surface area contributed by atoms with Gasteiger partial charge in [0.1, 0.15) is 0 Å². The zero-order valence-corrected chi connectivity index (χ0v) is 6.26. The minimum atomic E-state index is -1.56. The van der Waals surface area contributed by atoms with E-state index in [2.05, 4.69) is 11.2 Å². The molecule has 0 spiro atoms. The monoisotopic (exact) mass is 153 g/mol. The van der Waals surface area contributed by atoms with Crippen molar-refractivity contribution >= 4 is 5.91 Å². The lowest BCUT2D eigenvalue weighted by atomic mass is 9.98. The van der Waals surface area contributed by atoms with Gasteiger partial charge in [0.2, 0.25) is 5.60 Å². The normalized spacial score (nSPS) is 31.8. The van der Waals surface area contributed by atoms with Gasteiger partial charge in [-0.25, -0.2) is 0 Å². The smallest absolute Gasteiger partial charge is 0.264 e. The number of carbonyl (C=O) groups is 1. The quantitative estimate of drug-likeness (QED) is 0.467. The average Bonchev–Trinajstić information content (AvgIpc) is 2.16. The van der Waals surface area contributed by atoms with Crippen molar-refractivity contribution in [3.8, 4) is 12.3 Å². The molecule has 0 aromatic carbocycles. The first-order valence-corrected chi connectivity index (χ1v) is 3.67. The minimum Gasteiger partial charge on any atom is -0.369 e. The van der Waals surface area contributed by atoms with Crippen LogP contribution in [0, 0.1) is 12.3 Å². The topological polar surface area (TPSA) is 49.3 Å². The molecule has 0 saturated carbocycles. The summed E-state index contributed by atoms with van der Waals surface area (Å²) in [4.78, 5) is 11.1. The van der Waals surface area contributed by atoms with Crippen LogP contribution in [0.15, 0.2) is 0 Å². The maximum atomic E-state index is 11.1. The minimum absolute atomic E-state index is 0.370. The number of nitrogens with one attached hydrogen (secondary N) is 1. The van der Waals surface area contributed by atoms with Gasteiger partial charge < -0.3 is 10.4 Å². The van der Waals surface area contributed by atoms with E-state index in [0.29, 0.717) is 13.0 Å². The van der Waals surface area contributed by atoms with Gasteiger partial charge in [0, 0.05) is 6.54 Å². The molecule has 0 aromatic rings. The van der Waals surface area contributed by atoms with Crippen molar-refractivity contribution in [3.63, 3.8) is 0 Å². The van der Waals surface area contributed by atoms with Gasteiger partial charge in [-0.15, -0.1) is 6.42 Å². The summed E-state index contributed by atoms with van der Waals surface area (Å²) in [6, 6.07) is 0. The first-order valence-electron chi connectivity index (χ1n) is 3.67. The summed E-state index contributed by atoms with van der Waals surface area (Å²) in [5.74, 6) is 1.68. The van der Waals surface area contributed by atoms with Crippen molar-refractivity contribution < 1.29 is 9.90 Å². The van der Waals surface area contributed by atoms with Crippen LogP contribution in [0.3, 0.4) is 0 Å². The van der Waals surface area contributed by atoms with Crippen LogP contribution in [-0.4, -0.2) is 23.2 Å². The SMILES string of the molecule is C#CC1(O)CCCCNC1=O. The van der Waals surface area contributed by atoms with Gasteiger partial charge in [-0.2, -0.15) is 0 Å². The Morgan fingerprint density at radius 1 is 1.64 bits per heavy atom. The van der Waals surface area contributed by atoms with Crippen LogP contribution >= 0.6 is 0 Å². The van der Waals surface area contributed by atoms with Crippen molar-refractivity contribution in [2.75, 3.05) is 6.54 Å². The van der Waals surface area contributed by atoms with Crippen LogP contribution in [-0.2, 0) is 4.79 Å². The average molecular weight is 153 g/mol. The maximum Gasteiger partial charge on any atom is 0.264 e. The fourth-order valence-electron chi connectivity index (χ4n) is 1.11. The Labute approximate surface area is 65.8 Å². The van der Waals surface area contributed by atoms with Crippen molar-refractivity contribution in [1.29, 1.82) is 0 Å². The van der Waals surface area contributed by atoms with Gasteiger partial charge in [-0.3, -0.25) is 4.79 Å². The maximum absolute atomic E-state index is 11.1. The number of aliphatic hydroxyl groups is 1. The molecular formula is C8H11NO2. The molecule has 1 aliphatic rings. The van der Waals surface area contributed by atoms with Gasteiger partial charge in [0.05, 0.1) is 0 Å². The van der Waals surface area contributed by atoms with E-state index in [1.54, 1.807) is 0 Å². The summed E-state index contributed by atoms with van der Waals surface area (Å²) in [5, 5.41) is 12.0.